The van der Waals surface area contributed by atoms with Gasteiger partial charge in [0.15, 0.2) is 0 Å². The molecule has 0 spiro atoms. The van der Waals surface area contributed by atoms with Gasteiger partial charge >= 0.3 is 0 Å². The Bertz CT molecular complexity index is 1680. The second-order valence-electron chi connectivity index (χ2n) is 13.6. The Hall–Kier alpha value is -4.50. The molecule has 3 amide bonds. The molecule has 44 heavy (non-hydrogen) atoms. The Kier molecular flexibility index (Phi) is 7.32. The quantitative estimate of drug-likeness (QED) is 0.299. The number of H-pyrrole nitrogens is 1. The summed E-state index contributed by atoms with van der Waals surface area (Å²) in [5, 5.41) is 14.1. The number of rotatable bonds is 6. The number of fused-ring (bicyclic) bond motifs is 3. The van der Waals surface area contributed by atoms with Gasteiger partial charge in [-0.2, -0.15) is 0 Å². The van der Waals surface area contributed by atoms with E-state index in [0.717, 1.165) is 27.6 Å². The number of aromatic nitrogens is 2. The van der Waals surface area contributed by atoms with Crippen molar-refractivity contribution in [2.75, 3.05) is 13.1 Å². The average molecular weight is 594 g/mol. The van der Waals surface area contributed by atoms with Crippen molar-refractivity contribution in [3.05, 3.63) is 89.9 Å². The van der Waals surface area contributed by atoms with Crippen molar-refractivity contribution in [2.45, 2.75) is 64.8 Å². The van der Waals surface area contributed by atoms with Gasteiger partial charge in [0.2, 0.25) is 5.91 Å². The molecule has 228 valence electrons. The molecule has 2 aromatic heterocycles. The van der Waals surface area contributed by atoms with Crippen molar-refractivity contribution in [1.29, 1.82) is 0 Å². The predicted octanol–water partition coefficient (Wildman–Crippen LogP) is 4.73. The SMILES string of the molecule is CC(C)(O)c1ccc(-c2ccc(C(=O)N3C[C@@H]4C[C@H]3CN4C(=O)[C@@H](NC(=O)c3cc4ccccc4[nH]3)C(C)(C)C)nc2)cc1. The van der Waals surface area contributed by atoms with Crippen LogP contribution in [0.3, 0.4) is 0 Å². The van der Waals surface area contributed by atoms with Crippen LogP contribution >= 0.6 is 0 Å². The predicted molar refractivity (Wildman–Crippen MR) is 169 cm³/mol. The zero-order valence-corrected chi connectivity index (χ0v) is 25.8. The largest absolute Gasteiger partial charge is 0.386 e. The number of nitrogens with zero attached hydrogens (tertiary/aromatic N) is 3. The van der Waals surface area contributed by atoms with Crippen molar-refractivity contribution in [3.8, 4) is 11.1 Å². The van der Waals surface area contributed by atoms with E-state index in [9.17, 15) is 19.5 Å². The van der Waals surface area contributed by atoms with E-state index >= 15 is 0 Å². The number of carbonyl (C=O) groups excluding carboxylic acids is 3. The molecule has 2 saturated heterocycles. The summed E-state index contributed by atoms with van der Waals surface area (Å²) in [4.78, 5) is 51.9. The molecule has 2 fully saturated rings. The van der Waals surface area contributed by atoms with Crippen LogP contribution in [0.2, 0.25) is 0 Å². The average Bonchev–Trinajstić information content (AvgIpc) is 3.73. The highest BCUT2D eigenvalue weighted by atomic mass is 16.3. The fourth-order valence-electron chi connectivity index (χ4n) is 6.31. The minimum atomic E-state index is -0.915. The van der Waals surface area contributed by atoms with Crippen LogP contribution in [0, 0.1) is 5.41 Å². The maximum Gasteiger partial charge on any atom is 0.272 e. The standard InChI is InChI=1S/C35H39N5O4/c1-34(2,3)30(38-31(41)29-16-22-8-6-7-9-27(22)37-29)33(43)40-20-25-17-26(40)19-39(25)32(42)28-15-12-23(18-36-28)21-10-13-24(14-11-21)35(4,5)44/h6-16,18,25-26,30,37,44H,17,19-20H2,1-5H3,(H,38,41)/t25-,26-,30+/m0/s1. The molecular weight excluding hydrogens is 554 g/mol. The third-order valence-electron chi connectivity index (χ3n) is 8.85. The van der Waals surface area contributed by atoms with Gasteiger partial charge in [-0.15, -0.1) is 0 Å². The molecule has 2 aliphatic heterocycles. The van der Waals surface area contributed by atoms with Gasteiger partial charge in [0, 0.05) is 35.8 Å². The van der Waals surface area contributed by atoms with E-state index in [1.54, 1.807) is 32.2 Å². The third kappa shape index (κ3) is 5.59. The van der Waals surface area contributed by atoms with Crippen molar-refractivity contribution in [2.24, 2.45) is 5.41 Å². The molecule has 4 heterocycles. The van der Waals surface area contributed by atoms with E-state index in [1.165, 1.54) is 0 Å². The smallest absolute Gasteiger partial charge is 0.272 e. The molecule has 0 aliphatic carbocycles. The van der Waals surface area contributed by atoms with E-state index in [0.29, 0.717) is 30.9 Å². The zero-order chi connectivity index (χ0) is 31.4. The number of hydrogen-bond acceptors (Lipinski definition) is 5. The van der Waals surface area contributed by atoms with Gasteiger partial charge in [-0.05, 0) is 55.0 Å². The highest BCUT2D eigenvalue weighted by Crippen LogP contribution is 2.34. The topological polar surface area (TPSA) is 119 Å². The van der Waals surface area contributed by atoms with Crippen LogP contribution in [0.25, 0.3) is 22.0 Å². The van der Waals surface area contributed by atoms with Gasteiger partial charge in [0.1, 0.15) is 17.4 Å². The molecular formula is C35H39N5O4. The fraction of sp³-hybridized carbons (Fsp3) is 0.371. The number of carbonyl (C=O) groups is 3. The van der Waals surface area contributed by atoms with Gasteiger partial charge in [-0.25, -0.2) is 0 Å². The summed E-state index contributed by atoms with van der Waals surface area (Å²) in [5.41, 5.74) is 2.86. The van der Waals surface area contributed by atoms with E-state index in [-0.39, 0.29) is 29.8 Å². The molecule has 2 aromatic carbocycles. The number of amides is 3. The molecule has 9 nitrogen and oxygen atoms in total. The lowest BCUT2D eigenvalue weighted by atomic mass is 9.85. The summed E-state index contributed by atoms with van der Waals surface area (Å²) in [6.45, 7) is 10.2. The summed E-state index contributed by atoms with van der Waals surface area (Å²) >= 11 is 0. The maximum atomic E-state index is 13.9. The lowest BCUT2D eigenvalue weighted by Crippen LogP contribution is -2.59. The van der Waals surface area contributed by atoms with Crippen molar-refractivity contribution in [3.63, 3.8) is 0 Å². The van der Waals surface area contributed by atoms with Gasteiger partial charge in [0.05, 0.1) is 17.7 Å². The van der Waals surface area contributed by atoms with Crippen molar-refractivity contribution >= 4 is 28.6 Å². The molecule has 6 rings (SSSR count). The summed E-state index contributed by atoms with van der Waals surface area (Å²) in [6, 6.07) is 19.8. The summed E-state index contributed by atoms with van der Waals surface area (Å²) in [6.07, 6.45) is 2.40. The number of likely N-dealkylation sites (tertiary alicyclic amines) is 2. The minimum Gasteiger partial charge on any atom is -0.386 e. The minimum absolute atomic E-state index is 0.0997. The Morgan fingerprint density at radius 1 is 0.909 bits per heavy atom. The number of hydrogen-bond donors (Lipinski definition) is 3. The highest BCUT2D eigenvalue weighted by Gasteiger charge is 2.50. The van der Waals surface area contributed by atoms with Crippen LogP contribution in [0.1, 0.15) is 67.6 Å². The first-order valence-electron chi connectivity index (χ1n) is 15.1. The molecule has 2 aliphatic rings. The molecule has 0 saturated carbocycles. The van der Waals surface area contributed by atoms with Gasteiger partial charge in [-0.3, -0.25) is 19.4 Å². The lowest BCUT2D eigenvalue weighted by molar-refractivity contribution is -0.138. The summed E-state index contributed by atoms with van der Waals surface area (Å²) in [5.74, 6) is -0.592. The Balaban J connectivity index is 1.11. The number of aliphatic hydroxyl groups is 1. The first-order valence-corrected chi connectivity index (χ1v) is 15.1. The van der Waals surface area contributed by atoms with Crippen LogP contribution in [-0.2, 0) is 10.4 Å². The number of aromatic amines is 1. The molecule has 4 aromatic rings. The lowest BCUT2D eigenvalue weighted by Gasteiger charge is -2.39. The highest BCUT2D eigenvalue weighted by molar-refractivity contribution is 6.00. The van der Waals surface area contributed by atoms with Crippen LogP contribution in [-0.4, -0.2) is 73.8 Å². The normalized spacial score (nSPS) is 19.0. The second-order valence-corrected chi connectivity index (χ2v) is 13.6. The molecule has 0 radical (unpaired) electrons. The number of pyridine rings is 1. The molecule has 2 bridgehead atoms. The number of benzene rings is 2. The monoisotopic (exact) mass is 593 g/mol. The first-order chi connectivity index (χ1) is 20.8. The van der Waals surface area contributed by atoms with Gasteiger partial charge < -0.3 is 25.2 Å². The van der Waals surface area contributed by atoms with Gasteiger partial charge in [-0.1, -0.05) is 69.3 Å². The summed E-state index contributed by atoms with van der Waals surface area (Å²) in [7, 11) is 0. The van der Waals surface area contributed by atoms with Gasteiger partial charge in [0.25, 0.3) is 11.8 Å². The molecule has 3 atom stereocenters. The molecule has 0 unspecified atom stereocenters. The second kappa shape index (κ2) is 10.9. The number of para-hydroxylation sites is 1. The van der Waals surface area contributed by atoms with Crippen LogP contribution in [0.15, 0.2) is 72.9 Å². The van der Waals surface area contributed by atoms with E-state index in [1.807, 2.05) is 85.2 Å². The molecule has 9 heteroatoms. The Morgan fingerprint density at radius 3 is 2.16 bits per heavy atom. The number of nitrogens with one attached hydrogen (secondary N) is 2. The number of piperazine rings is 1. The Morgan fingerprint density at radius 2 is 1.57 bits per heavy atom. The van der Waals surface area contributed by atoms with E-state index in [4.69, 9.17) is 0 Å². The van der Waals surface area contributed by atoms with Crippen LogP contribution < -0.4 is 5.32 Å². The zero-order valence-electron chi connectivity index (χ0n) is 25.8. The molecule has 3 N–H and O–H groups in total. The maximum absolute atomic E-state index is 13.9. The van der Waals surface area contributed by atoms with Crippen LogP contribution in [0.4, 0.5) is 0 Å². The van der Waals surface area contributed by atoms with Crippen LogP contribution in [0.5, 0.6) is 0 Å². The van der Waals surface area contributed by atoms with Crippen molar-refractivity contribution in [1.82, 2.24) is 25.1 Å². The summed E-state index contributed by atoms with van der Waals surface area (Å²) < 4.78 is 0. The van der Waals surface area contributed by atoms with E-state index < -0.39 is 17.1 Å². The van der Waals surface area contributed by atoms with E-state index in [2.05, 4.69) is 15.3 Å². The van der Waals surface area contributed by atoms with Crippen molar-refractivity contribution < 1.29 is 19.5 Å². The fourth-order valence-corrected chi connectivity index (χ4v) is 6.31. The first kappa shape index (κ1) is 29.6. The Labute approximate surface area is 257 Å². The third-order valence-corrected chi connectivity index (χ3v) is 8.85.